The van der Waals surface area contributed by atoms with Crippen molar-refractivity contribution < 1.29 is 14.6 Å². The highest BCUT2D eigenvalue weighted by Crippen LogP contribution is 2.31. The molecule has 0 unspecified atom stereocenters. The van der Waals surface area contributed by atoms with Crippen LogP contribution in [0.4, 0.5) is 0 Å². The number of aryl methyl sites for hydroxylation is 1. The van der Waals surface area contributed by atoms with Crippen molar-refractivity contribution in [1.29, 1.82) is 0 Å². The van der Waals surface area contributed by atoms with Crippen molar-refractivity contribution >= 4 is 17.6 Å². The standard InChI is InChI=1S/C11H13ClO3/c1-7-3-5-9(15-2)11(12)8(7)4-6-10(13)14/h3,5H,4,6H2,1-2H3,(H,13,14). The second-order valence-electron chi connectivity index (χ2n) is 3.27. The molecule has 0 saturated carbocycles. The highest BCUT2D eigenvalue weighted by atomic mass is 35.5. The minimum atomic E-state index is -0.826. The van der Waals surface area contributed by atoms with Gasteiger partial charge in [-0.1, -0.05) is 17.7 Å². The first kappa shape index (κ1) is 11.9. The summed E-state index contributed by atoms with van der Waals surface area (Å²) in [4.78, 5) is 10.5. The molecule has 0 aliphatic rings. The van der Waals surface area contributed by atoms with Crippen LogP contribution in [0.3, 0.4) is 0 Å². The van der Waals surface area contributed by atoms with Crippen LogP contribution in [0.2, 0.25) is 5.02 Å². The minimum absolute atomic E-state index is 0.0771. The Balaban J connectivity index is 2.98. The van der Waals surface area contributed by atoms with Crippen molar-refractivity contribution in [3.8, 4) is 5.75 Å². The Bertz CT molecular complexity index is 374. The zero-order valence-corrected chi connectivity index (χ0v) is 9.47. The topological polar surface area (TPSA) is 46.5 Å². The van der Waals surface area contributed by atoms with E-state index in [4.69, 9.17) is 21.4 Å². The number of carboxylic acids is 1. The van der Waals surface area contributed by atoms with Crippen molar-refractivity contribution in [3.63, 3.8) is 0 Å². The van der Waals surface area contributed by atoms with Crippen LogP contribution >= 0.6 is 11.6 Å². The van der Waals surface area contributed by atoms with E-state index in [9.17, 15) is 4.79 Å². The lowest BCUT2D eigenvalue weighted by Crippen LogP contribution is -2.00. The van der Waals surface area contributed by atoms with Crippen LogP contribution in [0.1, 0.15) is 17.5 Å². The largest absolute Gasteiger partial charge is 0.495 e. The van der Waals surface area contributed by atoms with Crippen LogP contribution in [0.15, 0.2) is 12.1 Å². The first-order valence-electron chi connectivity index (χ1n) is 4.60. The number of aliphatic carboxylic acids is 1. The molecule has 0 saturated heterocycles. The molecule has 82 valence electrons. The first-order valence-corrected chi connectivity index (χ1v) is 4.97. The Morgan fingerprint density at radius 2 is 2.20 bits per heavy atom. The van der Waals surface area contributed by atoms with E-state index in [0.29, 0.717) is 17.2 Å². The van der Waals surface area contributed by atoms with Crippen molar-refractivity contribution in [3.05, 3.63) is 28.3 Å². The van der Waals surface area contributed by atoms with Gasteiger partial charge in [0.2, 0.25) is 0 Å². The minimum Gasteiger partial charge on any atom is -0.495 e. The van der Waals surface area contributed by atoms with E-state index >= 15 is 0 Å². The highest BCUT2D eigenvalue weighted by molar-refractivity contribution is 6.33. The maximum Gasteiger partial charge on any atom is 0.303 e. The summed E-state index contributed by atoms with van der Waals surface area (Å²) in [7, 11) is 1.54. The summed E-state index contributed by atoms with van der Waals surface area (Å²) in [6, 6.07) is 3.66. The second kappa shape index (κ2) is 5.03. The zero-order valence-electron chi connectivity index (χ0n) is 8.71. The fraction of sp³-hybridized carbons (Fsp3) is 0.364. The molecule has 15 heavy (non-hydrogen) atoms. The van der Waals surface area contributed by atoms with Gasteiger partial charge in [0.15, 0.2) is 0 Å². The second-order valence-corrected chi connectivity index (χ2v) is 3.65. The molecule has 1 rings (SSSR count). The van der Waals surface area contributed by atoms with Crippen LogP contribution in [0.25, 0.3) is 0 Å². The van der Waals surface area contributed by atoms with E-state index in [2.05, 4.69) is 0 Å². The van der Waals surface area contributed by atoms with Gasteiger partial charge < -0.3 is 9.84 Å². The Kier molecular flexibility index (Phi) is 3.97. The van der Waals surface area contributed by atoms with Crippen molar-refractivity contribution in [2.45, 2.75) is 19.8 Å². The molecule has 0 aliphatic carbocycles. The quantitative estimate of drug-likeness (QED) is 0.862. The third kappa shape index (κ3) is 2.86. The van der Waals surface area contributed by atoms with Gasteiger partial charge in [0, 0.05) is 6.42 Å². The molecule has 0 aliphatic heterocycles. The summed E-state index contributed by atoms with van der Waals surface area (Å²) in [5, 5.41) is 9.12. The number of carbonyl (C=O) groups is 1. The van der Waals surface area contributed by atoms with Crippen LogP contribution < -0.4 is 4.74 Å². The van der Waals surface area contributed by atoms with Gasteiger partial charge >= 0.3 is 5.97 Å². The van der Waals surface area contributed by atoms with Gasteiger partial charge in [-0.15, -0.1) is 0 Å². The van der Waals surface area contributed by atoms with Crippen LogP contribution in [-0.2, 0) is 11.2 Å². The summed E-state index contributed by atoms with van der Waals surface area (Å²) in [5.74, 6) is -0.240. The molecule has 3 nitrogen and oxygen atoms in total. The van der Waals surface area contributed by atoms with Crippen molar-refractivity contribution in [1.82, 2.24) is 0 Å². The fourth-order valence-electron chi connectivity index (χ4n) is 1.39. The van der Waals surface area contributed by atoms with Crippen molar-refractivity contribution in [2.75, 3.05) is 7.11 Å². The normalized spacial score (nSPS) is 10.1. The predicted octanol–water partition coefficient (Wildman–Crippen LogP) is 2.67. The number of rotatable bonds is 4. The van der Waals surface area contributed by atoms with Gasteiger partial charge in [-0.05, 0) is 30.5 Å². The van der Waals surface area contributed by atoms with E-state index in [-0.39, 0.29) is 6.42 Å². The first-order chi connectivity index (χ1) is 7.06. The molecule has 1 aromatic carbocycles. The lowest BCUT2D eigenvalue weighted by Gasteiger charge is -2.10. The van der Waals surface area contributed by atoms with Gasteiger partial charge in [-0.3, -0.25) is 4.79 Å². The third-order valence-electron chi connectivity index (χ3n) is 2.25. The average molecular weight is 229 g/mol. The Morgan fingerprint density at radius 1 is 1.53 bits per heavy atom. The highest BCUT2D eigenvalue weighted by Gasteiger charge is 2.11. The molecule has 4 heteroatoms. The van der Waals surface area contributed by atoms with E-state index in [1.807, 2.05) is 13.0 Å². The van der Waals surface area contributed by atoms with E-state index < -0.39 is 5.97 Å². The molecule has 0 atom stereocenters. The third-order valence-corrected chi connectivity index (χ3v) is 2.67. The molecule has 0 fully saturated rings. The van der Waals surface area contributed by atoms with Gasteiger partial charge in [0.05, 0.1) is 12.1 Å². The number of hydrogen-bond acceptors (Lipinski definition) is 2. The molecule has 1 aromatic rings. The molecule has 1 N–H and O–H groups in total. The fourth-order valence-corrected chi connectivity index (χ4v) is 1.78. The van der Waals surface area contributed by atoms with E-state index in [1.54, 1.807) is 6.07 Å². The summed E-state index contributed by atoms with van der Waals surface area (Å²) in [6.45, 7) is 1.91. The summed E-state index contributed by atoms with van der Waals surface area (Å²) in [5.41, 5.74) is 1.83. The maximum atomic E-state index is 10.5. The Labute approximate surface area is 93.6 Å². The number of methoxy groups -OCH3 is 1. The SMILES string of the molecule is COc1ccc(C)c(CCC(=O)O)c1Cl. The number of halogens is 1. The van der Waals surface area contributed by atoms with Gasteiger partial charge in [0.1, 0.15) is 5.75 Å². The molecule has 0 bridgehead atoms. The van der Waals surface area contributed by atoms with E-state index in [0.717, 1.165) is 11.1 Å². The number of ether oxygens (including phenoxy) is 1. The van der Waals surface area contributed by atoms with Gasteiger partial charge in [-0.25, -0.2) is 0 Å². The molecular weight excluding hydrogens is 216 g/mol. The van der Waals surface area contributed by atoms with Crippen LogP contribution in [0, 0.1) is 6.92 Å². The summed E-state index contributed by atoms with van der Waals surface area (Å²) in [6.07, 6.45) is 0.505. The lowest BCUT2D eigenvalue weighted by molar-refractivity contribution is -0.136. The monoisotopic (exact) mass is 228 g/mol. The van der Waals surface area contributed by atoms with Crippen LogP contribution in [0.5, 0.6) is 5.75 Å². The van der Waals surface area contributed by atoms with Gasteiger partial charge in [0.25, 0.3) is 0 Å². The molecule has 0 heterocycles. The number of hydrogen-bond donors (Lipinski definition) is 1. The van der Waals surface area contributed by atoms with Gasteiger partial charge in [-0.2, -0.15) is 0 Å². The van der Waals surface area contributed by atoms with Crippen molar-refractivity contribution in [2.24, 2.45) is 0 Å². The lowest BCUT2D eigenvalue weighted by atomic mass is 10.0. The van der Waals surface area contributed by atoms with Crippen LogP contribution in [-0.4, -0.2) is 18.2 Å². The smallest absolute Gasteiger partial charge is 0.303 e. The summed E-state index contributed by atoms with van der Waals surface area (Å²) < 4.78 is 5.07. The molecule has 0 aromatic heterocycles. The summed E-state index contributed by atoms with van der Waals surface area (Å²) >= 11 is 6.08. The zero-order chi connectivity index (χ0) is 11.4. The number of carboxylic acid groups (broad SMARTS) is 1. The predicted molar refractivity (Wildman–Crippen MR) is 58.7 cm³/mol. The Morgan fingerprint density at radius 3 is 2.73 bits per heavy atom. The maximum absolute atomic E-state index is 10.5. The average Bonchev–Trinajstić information content (AvgIpc) is 2.17. The molecule has 0 radical (unpaired) electrons. The Hall–Kier alpha value is -1.22. The van der Waals surface area contributed by atoms with E-state index in [1.165, 1.54) is 7.11 Å². The molecule has 0 amide bonds. The number of benzene rings is 1. The molecular formula is C11H13ClO3. The molecule has 0 spiro atoms.